The molecule has 0 radical (unpaired) electrons. The monoisotopic (exact) mass is 241 g/mol. The second kappa shape index (κ2) is 5.30. The predicted molar refractivity (Wildman–Crippen MR) is 66.1 cm³/mol. The van der Waals surface area contributed by atoms with Gasteiger partial charge in [0.05, 0.1) is 4.92 Å². The second-order valence-corrected chi connectivity index (χ2v) is 4.34. The molecule has 0 N–H and O–H groups in total. The molecule has 88 valence electrons. The van der Waals surface area contributed by atoms with E-state index in [1.165, 1.54) is 0 Å². The molecule has 0 fully saturated rings. The van der Waals surface area contributed by atoms with Gasteiger partial charge in [0.25, 0.3) is 5.69 Å². The van der Waals surface area contributed by atoms with Crippen molar-refractivity contribution in [2.24, 2.45) is 0 Å². The first kappa shape index (κ1) is 13.0. The summed E-state index contributed by atoms with van der Waals surface area (Å²) in [5.41, 5.74) is 3.17. The molecular weight excluding hydrogens is 226 g/mol. The van der Waals surface area contributed by atoms with E-state index in [9.17, 15) is 10.1 Å². The average Bonchev–Trinajstić information content (AvgIpc) is 2.26. The third-order valence-corrected chi connectivity index (χ3v) is 2.98. The van der Waals surface area contributed by atoms with Crippen LogP contribution in [0.1, 0.15) is 43.4 Å². The topological polar surface area (TPSA) is 43.1 Å². The number of halogens is 1. The van der Waals surface area contributed by atoms with Gasteiger partial charge in [-0.3, -0.25) is 10.1 Å². The fourth-order valence-electron chi connectivity index (χ4n) is 1.84. The first-order valence-corrected chi connectivity index (χ1v) is 5.90. The number of benzene rings is 1. The van der Waals surface area contributed by atoms with Crippen LogP contribution in [0.3, 0.4) is 0 Å². The third kappa shape index (κ3) is 2.53. The zero-order valence-corrected chi connectivity index (χ0v) is 10.5. The minimum absolute atomic E-state index is 0.161. The number of rotatable bonds is 4. The van der Waals surface area contributed by atoms with E-state index in [-0.39, 0.29) is 16.5 Å². The Labute approximate surface area is 101 Å². The maximum atomic E-state index is 10.8. The summed E-state index contributed by atoms with van der Waals surface area (Å²) in [6.07, 6.45) is 0.767. The molecule has 3 nitrogen and oxygen atoms in total. The van der Waals surface area contributed by atoms with E-state index in [0.717, 1.165) is 23.1 Å². The number of alkyl halides is 1. The average molecular weight is 242 g/mol. The highest BCUT2D eigenvalue weighted by Crippen LogP contribution is 2.29. The van der Waals surface area contributed by atoms with Gasteiger partial charge in [0, 0.05) is 18.0 Å². The molecule has 1 aromatic rings. The van der Waals surface area contributed by atoms with E-state index in [4.69, 9.17) is 11.6 Å². The van der Waals surface area contributed by atoms with Gasteiger partial charge in [0.2, 0.25) is 0 Å². The molecular formula is C12H16ClNO2. The summed E-state index contributed by atoms with van der Waals surface area (Å²) in [6.45, 7) is 6.03. The van der Waals surface area contributed by atoms with Crippen LogP contribution in [0.4, 0.5) is 5.69 Å². The molecule has 1 rings (SSSR count). The van der Waals surface area contributed by atoms with Gasteiger partial charge >= 0.3 is 0 Å². The first-order chi connectivity index (χ1) is 7.51. The van der Waals surface area contributed by atoms with Crippen molar-refractivity contribution in [3.63, 3.8) is 0 Å². The number of non-ortho nitro benzene ring substituents is 1. The SMILES string of the molecule is CCc1cc([N+](=O)[O-])cc(C(C)C)c1CCl. The summed E-state index contributed by atoms with van der Waals surface area (Å²) < 4.78 is 0. The number of nitrogens with zero attached hydrogens (tertiary/aromatic N) is 1. The van der Waals surface area contributed by atoms with Crippen molar-refractivity contribution in [1.29, 1.82) is 0 Å². The van der Waals surface area contributed by atoms with E-state index < -0.39 is 0 Å². The molecule has 0 bridgehead atoms. The van der Waals surface area contributed by atoms with E-state index in [2.05, 4.69) is 0 Å². The fourth-order valence-corrected chi connectivity index (χ4v) is 2.16. The Morgan fingerprint density at radius 1 is 1.44 bits per heavy atom. The van der Waals surface area contributed by atoms with Crippen LogP contribution in [-0.4, -0.2) is 4.92 Å². The quantitative estimate of drug-likeness (QED) is 0.454. The molecule has 0 saturated heterocycles. The Hall–Kier alpha value is -1.09. The summed E-state index contributed by atoms with van der Waals surface area (Å²) in [5.74, 6) is 0.660. The van der Waals surface area contributed by atoms with Gasteiger partial charge in [-0.05, 0) is 29.0 Å². The molecule has 4 heteroatoms. The van der Waals surface area contributed by atoms with Gasteiger partial charge in [0.15, 0.2) is 0 Å². The number of hydrogen-bond donors (Lipinski definition) is 0. The van der Waals surface area contributed by atoms with Crippen molar-refractivity contribution in [3.05, 3.63) is 38.9 Å². The van der Waals surface area contributed by atoms with E-state index in [1.54, 1.807) is 12.1 Å². The lowest BCUT2D eigenvalue weighted by Gasteiger charge is -2.14. The molecule has 0 aliphatic carbocycles. The molecule has 0 aliphatic heterocycles. The van der Waals surface area contributed by atoms with E-state index in [1.807, 2.05) is 20.8 Å². The molecule has 0 unspecified atom stereocenters. The highest BCUT2D eigenvalue weighted by atomic mass is 35.5. The Morgan fingerprint density at radius 3 is 2.44 bits per heavy atom. The first-order valence-electron chi connectivity index (χ1n) is 5.37. The van der Waals surface area contributed by atoms with Gasteiger partial charge in [-0.25, -0.2) is 0 Å². The number of hydrogen-bond acceptors (Lipinski definition) is 2. The van der Waals surface area contributed by atoms with Crippen molar-refractivity contribution >= 4 is 17.3 Å². The maximum Gasteiger partial charge on any atom is 0.270 e. The largest absolute Gasteiger partial charge is 0.270 e. The minimum atomic E-state index is -0.344. The van der Waals surface area contributed by atoms with Crippen molar-refractivity contribution < 1.29 is 4.92 Å². The number of aryl methyl sites for hydroxylation is 1. The van der Waals surface area contributed by atoms with E-state index in [0.29, 0.717) is 5.88 Å². The van der Waals surface area contributed by atoms with Crippen LogP contribution >= 0.6 is 11.6 Å². The fraction of sp³-hybridized carbons (Fsp3) is 0.500. The van der Waals surface area contributed by atoms with E-state index >= 15 is 0 Å². The molecule has 0 atom stereocenters. The van der Waals surface area contributed by atoms with Crippen molar-refractivity contribution in [2.45, 2.75) is 39.0 Å². The molecule has 0 aromatic heterocycles. The standard InChI is InChI=1S/C12H16ClNO2/c1-4-9-5-10(14(15)16)6-11(8(2)3)12(9)7-13/h5-6,8H,4,7H2,1-3H3. The van der Waals surface area contributed by atoms with Gasteiger partial charge < -0.3 is 0 Å². The molecule has 0 heterocycles. The summed E-state index contributed by atoms with van der Waals surface area (Å²) in [7, 11) is 0. The molecule has 0 saturated carbocycles. The minimum Gasteiger partial charge on any atom is -0.258 e. The normalized spacial score (nSPS) is 10.8. The van der Waals surface area contributed by atoms with Crippen LogP contribution in [0.15, 0.2) is 12.1 Å². The lowest BCUT2D eigenvalue weighted by molar-refractivity contribution is -0.385. The molecule has 1 aromatic carbocycles. The maximum absolute atomic E-state index is 10.8. The van der Waals surface area contributed by atoms with Crippen molar-refractivity contribution in [1.82, 2.24) is 0 Å². The van der Waals surface area contributed by atoms with Crippen LogP contribution in [0.2, 0.25) is 0 Å². The van der Waals surface area contributed by atoms with Crippen LogP contribution in [0.25, 0.3) is 0 Å². The third-order valence-electron chi connectivity index (χ3n) is 2.71. The highest BCUT2D eigenvalue weighted by molar-refractivity contribution is 6.17. The Morgan fingerprint density at radius 2 is 2.06 bits per heavy atom. The lowest BCUT2D eigenvalue weighted by Crippen LogP contribution is -2.02. The van der Waals surface area contributed by atoms with Crippen molar-refractivity contribution in [3.8, 4) is 0 Å². The lowest BCUT2D eigenvalue weighted by atomic mass is 9.92. The number of nitro groups is 1. The van der Waals surface area contributed by atoms with Gasteiger partial charge in [-0.2, -0.15) is 0 Å². The predicted octanol–water partition coefficient (Wildman–Crippen LogP) is 4.02. The second-order valence-electron chi connectivity index (χ2n) is 4.07. The summed E-state index contributed by atoms with van der Waals surface area (Å²) in [4.78, 5) is 10.5. The number of nitro benzene ring substituents is 1. The molecule has 16 heavy (non-hydrogen) atoms. The van der Waals surface area contributed by atoms with Gasteiger partial charge in [-0.1, -0.05) is 20.8 Å². The molecule has 0 spiro atoms. The molecule has 0 aliphatic rings. The van der Waals surface area contributed by atoms with Crippen molar-refractivity contribution in [2.75, 3.05) is 0 Å². The van der Waals surface area contributed by atoms with Crippen LogP contribution < -0.4 is 0 Å². The Kier molecular flexibility index (Phi) is 4.30. The smallest absolute Gasteiger partial charge is 0.258 e. The van der Waals surface area contributed by atoms with Gasteiger partial charge in [0.1, 0.15) is 0 Å². The zero-order valence-electron chi connectivity index (χ0n) is 9.79. The van der Waals surface area contributed by atoms with Gasteiger partial charge in [-0.15, -0.1) is 11.6 Å². The summed E-state index contributed by atoms with van der Waals surface area (Å²) >= 11 is 5.92. The Bertz CT molecular complexity index is 402. The molecule has 0 amide bonds. The summed E-state index contributed by atoms with van der Waals surface area (Å²) in [6, 6.07) is 3.27. The van der Waals surface area contributed by atoms with Crippen LogP contribution in [0.5, 0.6) is 0 Å². The Balaban J connectivity index is 3.43. The van der Waals surface area contributed by atoms with Crippen LogP contribution in [-0.2, 0) is 12.3 Å². The van der Waals surface area contributed by atoms with Crippen LogP contribution in [0, 0.1) is 10.1 Å². The highest BCUT2D eigenvalue weighted by Gasteiger charge is 2.16. The zero-order chi connectivity index (χ0) is 12.3. The summed E-state index contributed by atoms with van der Waals surface area (Å²) in [5, 5.41) is 10.8.